The number of carbonyl (C=O) groups excluding carboxylic acids is 2. The fraction of sp³-hybridized carbons (Fsp3) is 0.385. The molecular formula is C13H18N2O6S. The largest absolute Gasteiger partial charge is 0.566 e. The molecule has 1 aromatic carbocycles. The third kappa shape index (κ3) is 6.00. The van der Waals surface area contributed by atoms with Gasteiger partial charge in [0, 0.05) is 11.3 Å². The number of amides is 1. The Hall–Kier alpha value is -1.65. The van der Waals surface area contributed by atoms with Crippen molar-refractivity contribution in [2.75, 3.05) is 12.4 Å². The van der Waals surface area contributed by atoms with Gasteiger partial charge in [0.1, 0.15) is 12.6 Å². The molecule has 1 unspecified atom stereocenters. The van der Waals surface area contributed by atoms with Gasteiger partial charge in [-0.2, -0.15) is 22.7 Å². The van der Waals surface area contributed by atoms with Gasteiger partial charge in [0.2, 0.25) is 0 Å². The maximum Gasteiger partial charge on any atom is 0.329 e. The van der Waals surface area contributed by atoms with Crippen LogP contribution in [0.2, 0.25) is 0 Å². The van der Waals surface area contributed by atoms with Crippen molar-refractivity contribution < 1.29 is 29.8 Å². The topological polar surface area (TPSA) is 112 Å². The van der Waals surface area contributed by atoms with Crippen LogP contribution in [-0.2, 0) is 21.0 Å². The molecule has 0 heterocycles. The first-order valence-electron chi connectivity index (χ1n) is 6.51. The molecule has 3 N–H and O–H groups in total. The molecule has 0 aromatic heterocycles. The van der Waals surface area contributed by atoms with Gasteiger partial charge in [-0.05, 0) is 24.6 Å². The fourth-order valence-corrected chi connectivity index (χ4v) is 1.80. The average Bonchev–Trinajstić information content (AvgIpc) is 2.51. The predicted octanol–water partition coefficient (Wildman–Crippen LogP) is -0.519. The van der Waals surface area contributed by atoms with Crippen LogP contribution in [-0.4, -0.2) is 35.5 Å². The van der Waals surface area contributed by atoms with E-state index in [-0.39, 0.29) is 19.0 Å². The zero-order chi connectivity index (χ0) is 16.5. The molecule has 0 spiro atoms. The summed E-state index contributed by atoms with van der Waals surface area (Å²) in [6.07, 6.45) is 0. The second-order valence-corrected chi connectivity index (χ2v) is 4.58. The average molecular weight is 330 g/mol. The SMILES string of the molecule is CCOC(=O)[C@@H](CS)NC(=O)c1ccc(CO[NH+]([O-])O)cc1. The van der Waals surface area contributed by atoms with E-state index in [4.69, 9.17) is 9.94 Å². The van der Waals surface area contributed by atoms with Gasteiger partial charge in [-0.3, -0.25) is 4.79 Å². The highest BCUT2D eigenvalue weighted by Gasteiger charge is 2.21. The molecule has 1 rings (SSSR count). The highest BCUT2D eigenvalue weighted by atomic mass is 32.1. The second kappa shape index (κ2) is 9.38. The van der Waals surface area contributed by atoms with Gasteiger partial charge in [0.25, 0.3) is 5.91 Å². The standard InChI is InChI=1S/C13H18N2O6S/c1-2-20-13(17)11(8-22)14-12(16)10-5-3-9(4-6-10)7-21-15(18)19/h3-6,11,15,18,22H,2,7-8H2,1H3,(H,14,16)/t11-/m1/s1. The van der Waals surface area contributed by atoms with E-state index in [1.54, 1.807) is 19.1 Å². The zero-order valence-corrected chi connectivity index (χ0v) is 12.8. The summed E-state index contributed by atoms with van der Waals surface area (Å²) in [6.45, 7) is 1.80. The molecule has 0 aliphatic carbocycles. The Balaban J connectivity index is 2.63. The lowest BCUT2D eigenvalue weighted by atomic mass is 10.1. The highest BCUT2D eigenvalue weighted by Crippen LogP contribution is 2.06. The summed E-state index contributed by atoms with van der Waals surface area (Å²) in [6, 6.07) is 5.33. The Bertz CT molecular complexity index is 494. The van der Waals surface area contributed by atoms with Gasteiger partial charge in [0.15, 0.2) is 0 Å². The maximum absolute atomic E-state index is 12.0. The Morgan fingerprint density at radius 3 is 2.55 bits per heavy atom. The van der Waals surface area contributed by atoms with Crippen molar-refractivity contribution in [3.8, 4) is 0 Å². The molecule has 0 saturated heterocycles. The number of hydrogen-bond acceptors (Lipinski definition) is 7. The summed E-state index contributed by atoms with van der Waals surface area (Å²) in [7, 11) is 0. The number of nitrogens with one attached hydrogen (secondary N) is 2. The molecule has 0 fully saturated rings. The van der Waals surface area contributed by atoms with Crippen LogP contribution in [0.4, 0.5) is 0 Å². The Morgan fingerprint density at radius 2 is 2.05 bits per heavy atom. The minimum atomic E-state index is -1.37. The molecule has 2 atom stereocenters. The van der Waals surface area contributed by atoms with E-state index in [0.29, 0.717) is 11.1 Å². The minimum Gasteiger partial charge on any atom is -0.566 e. The van der Waals surface area contributed by atoms with Crippen LogP contribution in [0.15, 0.2) is 24.3 Å². The number of esters is 1. The van der Waals surface area contributed by atoms with E-state index < -0.39 is 23.3 Å². The minimum absolute atomic E-state index is 0.0979. The second-order valence-electron chi connectivity index (χ2n) is 4.21. The van der Waals surface area contributed by atoms with E-state index >= 15 is 0 Å². The lowest BCUT2D eigenvalue weighted by Crippen LogP contribution is -3.03. The molecule has 22 heavy (non-hydrogen) atoms. The number of benzene rings is 1. The molecule has 122 valence electrons. The Labute approximate surface area is 132 Å². The zero-order valence-electron chi connectivity index (χ0n) is 11.9. The fourth-order valence-electron chi connectivity index (χ4n) is 1.56. The van der Waals surface area contributed by atoms with Crippen LogP contribution in [0.25, 0.3) is 0 Å². The predicted molar refractivity (Wildman–Crippen MR) is 79.1 cm³/mol. The van der Waals surface area contributed by atoms with Crippen molar-refractivity contribution in [3.05, 3.63) is 40.6 Å². The van der Waals surface area contributed by atoms with Crippen molar-refractivity contribution in [2.24, 2.45) is 0 Å². The van der Waals surface area contributed by atoms with E-state index in [1.165, 1.54) is 12.1 Å². The van der Waals surface area contributed by atoms with Gasteiger partial charge in [-0.1, -0.05) is 17.5 Å². The first-order valence-corrected chi connectivity index (χ1v) is 7.14. The highest BCUT2D eigenvalue weighted by molar-refractivity contribution is 7.80. The molecule has 0 aliphatic rings. The summed E-state index contributed by atoms with van der Waals surface area (Å²) in [5, 5.41) is 19.8. The van der Waals surface area contributed by atoms with Gasteiger partial charge in [0.05, 0.1) is 6.61 Å². The number of hydrogen-bond donors (Lipinski definition) is 4. The van der Waals surface area contributed by atoms with E-state index in [0.717, 1.165) is 0 Å². The molecule has 1 amide bonds. The van der Waals surface area contributed by atoms with Gasteiger partial charge >= 0.3 is 5.97 Å². The summed E-state index contributed by atoms with van der Waals surface area (Å²) in [5.74, 6) is -0.870. The summed E-state index contributed by atoms with van der Waals surface area (Å²) >= 11 is 4.01. The molecule has 9 heteroatoms. The van der Waals surface area contributed by atoms with Crippen molar-refractivity contribution in [1.29, 1.82) is 0 Å². The lowest BCUT2D eigenvalue weighted by Gasteiger charge is -2.15. The van der Waals surface area contributed by atoms with Crippen LogP contribution in [0.3, 0.4) is 0 Å². The third-order valence-electron chi connectivity index (χ3n) is 2.64. The van der Waals surface area contributed by atoms with Crippen LogP contribution in [0.1, 0.15) is 22.8 Å². The Morgan fingerprint density at radius 1 is 1.41 bits per heavy atom. The molecule has 0 bridgehead atoms. The summed E-state index contributed by atoms with van der Waals surface area (Å²) in [4.78, 5) is 28.0. The van der Waals surface area contributed by atoms with Gasteiger partial charge < -0.3 is 15.3 Å². The smallest absolute Gasteiger partial charge is 0.329 e. The lowest BCUT2D eigenvalue weighted by molar-refractivity contribution is -1.21. The Kier molecular flexibility index (Phi) is 7.85. The van der Waals surface area contributed by atoms with Gasteiger partial charge in [-0.25, -0.2) is 4.79 Å². The first-order chi connectivity index (χ1) is 10.5. The number of carbonyl (C=O) groups is 2. The molecule has 8 nitrogen and oxygen atoms in total. The van der Waals surface area contributed by atoms with Crippen LogP contribution >= 0.6 is 12.6 Å². The van der Waals surface area contributed by atoms with E-state index in [2.05, 4.69) is 22.8 Å². The molecule has 0 saturated carbocycles. The number of ether oxygens (including phenoxy) is 1. The third-order valence-corrected chi connectivity index (χ3v) is 3.00. The summed E-state index contributed by atoms with van der Waals surface area (Å²) < 4.78 is 4.83. The van der Waals surface area contributed by atoms with E-state index in [9.17, 15) is 14.8 Å². The normalized spacial score (nSPS) is 13.3. The molecule has 0 aliphatic heterocycles. The first kappa shape index (κ1) is 18.4. The monoisotopic (exact) mass is 330 g/mol. The molecular weight excluding hydrogens is 312 g/mol. The number of quaternary nitrogens is 1. The number of thiol groups is 1. The maximum atomic E-state index is 12.0. The van der Waals surface area contributed by atoms with Crippen molar-refractivity contribution in [2.45, 2.75) is 19.6 Å². The molecule has 0 radical (unpaired) electrons. The van der Waals surface area contributed by atoms with Crippen molar-refractivity contribution in [1.82, 2.24) is 5.32 Å². The summed E-state index contributed by atoms with van der Waals surface area (Å²) in [5.41, 5.74) is 0.935. The van der Waals surface area contributed by atoms with Crippen LogP contribution in [0.5, 0.6) is 0 Å². The van der Waals surface area contributed by atoms with Crippen LogP contribution < -0.4 is 10.7 Å². The van der Waals surface area contributed by atoms with Crippen molar-refractivity contribution >= 4 is 24.5 Å². The van der Waals surface area contributed by atoms with E-state index in [1.807, 2.05) is 0 Å². The van der Waals surface area contributed by atoms with Gasteiger partial charge in [-0.15, -0.1) is 0 Å². The quantitative estimate of drug-likeness (QED) is 0.290. The van der Waals surface area contributed by atoms with Crippen LogP contribution in [0, 0.1) is 5.21 Å². The van der Waals surface area contributed by atoms with Crippen molar-refractivity contribution in [3.63, 3.8) is 0 Å². The number of rotatable bonds is 8. The molecule has 1 aromatic rings.